The van der Waals surface area contributed by atoms with E-state index in [-0.39, 0.29) is 24.5 Å². The number of rotatable bonds is 8. The Bertz CT molecular complexity index is 1320. The molecule has 1 unspecified atom stereocenters. The molecule has 1 aromatic carbocycles. The molecular formula is C27H33Cl2N7O3. The molecule has 2 aromatic heterocycles. The van der Waals surface area contributed by atoms with Crippen LogP contribution in [0.25, 0.3) is 11.3 Å². The molecule has 1 aliphatic rings. The predicted molar refractivity (Wildman–Crippen MR) is 150 cm³/mol. The zero-order valence-corrected chi connectivity index (χ0v) is 23.7. The van der Waals surface area contributed by atoms with Crippen LogP contribution in [-0.4, -0.2) is 55.9 Å². The van der Waals surface area contributed by atoms with Gasteiger partial charge in [0.05, 0.1) is 23.8 Å². The van der Waals surface area contributed by atoms with Gasteiger partial charge in [-0.3, -0.25) is 14.3 Å². The van der Waals surface area contributed by atoms with E-state index in [0.29, 0.717) is 58.6 Å². The average molecular weight is 575 g/mol. The Kier molecular flexibility index (Phi) is 9.09. The molecule has 3 heterocycles. The van der Waals surface area contributed by atoms with Crippen LogP contribution in [0.15, 0.2) is 36.8 Å². The van der Waals surface area contributed by atoms with Crippen molar-refractivity contribution in [3.8, 4) is 11.3 Å². The van der Waals surface area contributed by atoms with Crippen molar-refractivity contribution in [3.05, 3.63) is 58.1 Å². The normalized spacial score (nSPS) is 17.6. The van der Waals surface area contributed by atoms with Crippen molar-refractivity contribution < 1.29 is 14.3 Å². The number of hydrogen-bond acceptors (Lipinski definition) is 8. The molecule has 0 spiro atoms. The van der Waals surface area contributed by atoms with Crippen LogP contribution in [0.4, 0.5) is 5.82 Å². The SMILES string of the molecule is CC(C)(C)OC(=O)[C@H]1CC(NC(=O)Cn2cc(-c3cnc(N)c(CCc4c(Cl)cccc4Cl)n3)cn2)CCN1. The highest BCUT2D eigenvalue weighted by Gasteiger charge is 2.31. The number of amides is 1. The van der Waals surface area contributed by atoms with E-state index in [1.807, 2.05) is 20.8 Å². The molecule has 1 aliphatic heterocycles. The Balaban J connectivity index is 1.35. The van der Waals surface area contributed by atoms with Crippen molar-refractivity contribution in [2.75, 3.05) is 12.3 Å². The van der Waals surface area contributed by atoms with Crippen molar-refractivity contribution >= 4 is 40.9 Å². The third-order valence-corrected chi connectivity index (χ3v) is 6.95. The van der Waals surface area contributed by atoms with Crippen molar-refractivity contribution in [3.63, 3.8) is 0 Å². The van der Waals surface area contributed by atoms with Crippen LogP contribution in [0.5, 0.6) is 0 Å². The Labute approximate surface area is 237 Å². The van der Waals surface area contributed by atoms with E-state index in [4.69, 9.17) is 33.7 Å². The lowest BCUT2D eigenvalue weighted by atomic mass is 9.99. The average Bonchev–Trinajstić information content (AvgIpc) is 3.32. The quantitative estimate of drug-likeness (QED) is 0.347. The van der Waals surface area contributed by atoms with E-state index in [1.54, 1.807) is 36.8 Å². The maximum absolute atomic E-state index is 12.7. The first kappa shape index (κ1) is 28.8. The van der Waals surface area contributed by atoms with E-state index in [0.717, 1.165) is 12.0 Å². The van der Waals surface area contributed by atoms with Gasteiger partial charge in [-0.15, -0.1) is 0 Å². The maximum Gasteiger partial charge on any atom is 0.323 e. The van der Waals surface area contributed by atoms with Gasteiger partial charge in [0.2, 0.25) is 5.91 Å². The van der Waals surface area contributed by atoms with Gasteiger partial charge in [-0.1, -0.05) is 29.3 Å². The summed E-state index contributed by atoms with van der Waals surface area (Å²) in [5, 5.41) is 11.7. The van der Waals surface area contributed by atoms with Gasteiger partial charge < -0.3 is 21.1 Å². The molecular weight excluding hydrogens is 541 g/mol. The second kappa shape index (κ2) is 12.3. The fraction of sp³-hybridized carbons (Fsp3) is 0.444. The van der Waals surface area contributed by atoms with Crippen LogP contribution in [0.1, 0.15) is 44.9 Å². The van der Waals surface area contributed by atoms with E-state index < -0.39 is 11.6 Å². The number of hydrogen-bond donors (Lipinski definition) is 3. The van der Waals surface area contributed by atoms with Crippen molar-refractivity contribution in [1.29, 1.82) is 0 Å². The van der Waals surface area contributed by atoms with Gasteiger partial charge in [-0.25, -0.2) is 9.97 Å². The number of halogens is 2. The number of aryl methyl sites for hydroxylation is 1. The molecule has 1 amide bonds. The van der Waals surface area contributed by atoms with Gasteiger partial charge in [0.25, 0.3) is 0 Å². The predicted octanol–water partition coefficient (Wildman–Crippen LogP) is 3.59. The molecule has 0 radical (unpaired) electrons. The van der Waals surface area contributed by atoms with Gasteiger partial charge in [0.1, 0.15) is 24.0 Å². The van der Waals surface area contributed by atoms with E-state index in [2.05, 4.69) is 25.7 Å². The monoisotopic (exact) mass is 573 g/mol. The molecule has 208 valence electrons. The van der Waals surface area contributed by atoms with E-state index >= 15 is 0 Å². The topological polar surface area (TPSA) is 137 Å². The molecule has 0 saturated carbocycles. The number of piperidine rings is 1. The van der Waals surface area contributed by atoms with Gasteiger partial charge >= 0.3 is 5.97 Å². The largest absolute Gasteiger partial charge is 0.459 e. The highest BCUT2D eigenvalue weighted by atomic mass is 35.5. The Morgan fingerprint density at radius 2 is 1.95 bits per heavy atom. The molecule has 39 heavy (non-hydrogen) atoms. The molecule has 0 aliphatic carbocycles. The fourth-order valence-electron chi connectivity index (χ4n) is 4.38. The molecule has 3 aromatic rings. The smallest absolute Gasteiger partial charge is 0.323 e. The summed E-state index contributed by atoms with van der Waals surface area (Å²) < 4.78 is 7.02. The lowest BCUT2D eigenvalue weighted by Crippen LogP contribution is -2.52. The van der Waals surface area contributed by atoms with Gasteiger partial charge in [0.15, 0.2) is 0 Å². The summed E-state index contributed by atoms with van der Waals surface area (Å²) in [6, 6.07) is 4.80. The minimum absolute atomic E-state index is 0.0291. The van der Waals surface area contributed by atoms with E-state index in [1.165, 1.54) is 4.68 Å². The lowest BCUT2D eigenvalue weighted by molar-refractivity contribution is -0.158. The summed E-state index contributed by atoms with van der Waals surface area (Å²) >= 11 is 12.6. The maximum atomic E-state index is 12.7. The number of benzene rings is 1. The molecule has 4 rings (SSSR count). The number of nitrogen functional groups attached to an aromatic ring is 1. The summed E-state index contributed by atoms with van der Waals surface area (Å²) in [5.41, 5.74) is 8.27. The Hall–Kier alpha value is -3.21. The zero-order valence-electron chi connectivity index (χ0n) is 22.2. The Morgan fingerprint density at radius 3 is 2.67 bits per heavy atom. The van der Waals surface area contributed by atoms with Crippen molar-refractivity contribution in [1.82, 2.24) is 30.4 Å². The first-order chi connectivity index (χ1) is 18.5. The minimum atomic E-state index is -0.564. The number of esters is 1. The summed E-state index contributed by atoms with van der Waals surface area (Å²) in [6.45, 7) is 6.14. The summed E-state index contributed by atoms with van der Waals surface area (Å²) in [6.07, 6.45) is 7.20. The summed E-state index contributed by atoms with van der Waals surface area (Å²) in [7, 11) is 0. The number of nitrogens with two attached hydrogens (primary N) is 1. The lowest BCUT2D eigenvalue weighted by Gasteiger charge is -2.31. The summed E-state index contributed by atoms with van der Waals surface area (Å²) in [5.74, 6) is -0.169. The number of nitrogens with one attached hydrogen (secondary N) is 2. The molecule has 1 saturated heterocycles. The second-order valence-electron chi connectivity index (χ2n) is 10.5. The van der Waals surface area contributed by atoms with Crippen LogP contribution in [0.2, 0.25) is 10.0 Å². The van der Waals surface area contributed by atoms with Crippen molar-refractivity contribution in [2.24, 2.45) is 0 Å². The number of carbonyl (C=O) groups excluding carboxylic acids is 2. The molecule has 1 fully saturated rings. The highest BCUT2D eigenvalue weighted by Crippen LogP contribution is 2.26. The number of carbonyl (C=O) groups is 2. The van der Waals surface area contributed by atoms with Crippen molar-refractivity contribution in [2.45, 2.75) is 70.7 Å². The zero-order chi connectivity index (χ0) is 28.2. The first-order valence-corrected chi connectivity index (χ1v) is 13.6. The van der Waals surface area contributed by atoms with Gasteiger partial charge in [-0.2, -0.15) is 5.10 Å². The number of nitrogens with zero attached hydrogens (tertiary/aromatic N) is 4. The first-order valence-electron chi connectivity index (χ1n) is 12.8. The van der Waals surface area contributed by atoms with Gasteiger partial charge in [-0.05, 0) is 70.7 Å². The molecule has 12 heteroatoms. The number of aromatic nitrogens is 4. The second-order valence-corrected chi connectivity index (χ2v) is 11.4. The Morgan fingerprint density at radius 1 is 1.21 bits per heavy atom. The third kappa shape index (κ3) is 7.90. The molecule has 10 nitrogen and oxygen atoms in total. The van der Waals surface area contributed by atoms with Crippen LogP contribution in [-0.2, 0) is 33.7 Å². The van der Waals surface area contributed by atoms with Crippen LogP contribution in [0, 0.1) is 0 Å². The molecule has 0 bridgehead atoms. The highest BCUT2D eigenvalue weighted by molar-refractivity contribution is 6.36. The molecule has 4 N–H and O–H groups in total. The van der Waals surface area contributed by atoms with Crippen LogP contribution < -0.4 is 16.4 Å². The van der Waals surface area contributed by atoms with Gasteiger partial charge in [0, 0.05) is 27.8 Å². The van der Waals surface area contributed by atoms with Crippen LogP contribution >= 0.6 is 23.2 Å². The standard InChI is InChI=1S/C27H33Cl2N7O3/c1-27(2,3)39-26(38)22-11-17(9-10-31-22)34-24(37)15-36-14-16(12-33-36)23-13-32-25(30)21(35-23)8-7-18-19(28)5-4-6-20(18)29/h4-6,12-14,17,22,31H,7-11,15H2,1-3H3,(H2,30,32)(H,34,37)/t17?,22-/m1/s1. The molecule has 2 atom stereocenters. The van der Waals surface area contributed by atoms with Crippen LogP contribution in [0.3, 0.4) is 0 Å². The third-order valence-electron chi connectivity index (χ3n) is 6.25. The minimum Gasteiger partial charge on any atom is -0.459 e. The number of ether oxygens (including phenoxy) is 1. The fourth-order valence-corrected chi connectivity index (χ4v) is 4.96. The summed E-state index contributed by atoms with van der Waals surface area (Å²) in [4.78, 5) is 34.1. The van der Waals surface area contributed by atoms with E-state index in [9.17, 15) is 9.59 Å². The number of anilines is 1.